The number of Topliss-reactive ketones (excluding diaryl/α,β-unsaturated/α-hetero) is 2. The molecule has 2 nitrogen and oxygen atoms in total. The molecular weight excluding hydrogens is 188 g/mol. The summed E-state index contributed by atoms with van der Waals surface area (Å²) in [5.74, 6) is 0.302. The van der Waals surface area contributed by atoms with E-state index < -0.39 is 0 Å². The second-order valence-corrected chi connectivity index (χ2v) is 4.25. The van der Waals surface area contributed by atoms with E-state index in [-0.39, 0.29) is 11.6 Å². The quantitative estimate of drug-likeness (QED) is 0.695. The van der Waals surface area contributed by atoms with Crippen molar-refractivity contribution >= 4 is 11.6 Å². The van der Waals surface area contributed by atoms with E-state index in [1.54, 1.807) is 6.92 Å². The number of unbranched alkanes of at least 4 members (excludes halogenated alkanes) is 1. The number of hydrogen-bond acceptors (Lipinski definition) is 2. The maximum atomic E-state index is 11.9. The van der Waals surface area contributed by atoms with E-state index in [0.29, 0.717) is 6.42 Å². The first-order chi connectivity index (χ1) is 7.16. The molecule has 0 bridgehead atoms. The Labute approximate surface area is 91.7 Å². The molecule has 0 heterocycles. The Bertz CT molecular complexity index is 287. The highest BCUT2D eigenvalue weighted by atomic mass is 16.1. The second-order valence-electron chi connectivity index (χ2n) is 4.25. The summed E-state index contributed by atoms with van der Waals surface area (Å²) in [4.78, 5) is 23.2. The fraction of sp³-hybridized carbons (Fsp3) is 0.692. The zero-order valence-corrected chi connectivity index (χ0v) is 9.77. The molecule has 1 rings (SSSR count). The van der Waals surface area contributed by atoms with Crippen LogP contribution in [0.25, 0.3) is 0 Å². The molecule has 0 fully saturated rings. The van der Waals surface area contributed by atoms with Crippen LogP contribution >= 0.6 is 0 Å². The molecule has 0 saturated heterocycles. The summed E-state index contributed by atoms with van der Waals surface area (Å²) in [5, 5.41) is 0. The predicted octanol–water partition coefficient (Wildman–Crippen LogP) is 3.21. The van der Waals surface area contributed by atoms with E-state index in [4.69, 9.17) is 0 Å². The smallest absolute Gasteiger partial charge is 0.159 e. The highest BCUT2D eigenvalue weighted by Gasteiger charge is 2.20. The molecule has 0 aromatic heterocycles. The van der Waals surface area contributed by atoms with Crippen LogP contribution in [0.5, 0.6) is 0 Å². The molecule has 0 unspecified atom stereocenters. The fourth-order valence-corrected chi connectivity index (χ4v) is 2.09. The summed E-state index contributed by atoms with van der Waals surface area (Å²) in [7, 11) is 0. The van der Waals surface area contributed by atoms with Crippen LogP contribution in [0, 0.1) is 0 Å². The van der Waals surface area contributed by atoms with Crippen LogP contribution in [-0.2, 0) is 9.59 Å². The first-order valence-corrected chi connectivity index (χ1v) is 5.93. The standard InChI is InChI=1S/C13H20O2/c1-3-4-9-13(15)12-8-6-5-7-11(12)10(2)14/h3-9H2,1-2H3. The number of carbonyl (C=O) groups excluding carboxylic acids is 2. The van der Waals surface area contributed by atoms with Gasteiger partial charge in [-0.15, -0.1) is 0 Å². The second kappa shape index (κ2) is 5.84. The van der Waals surface area contributed by atoms with E-state index >= 15 is 0 Å². The third-order valence-corrected chi connectivity index (χ3v) is 2.99. The molecule has 0 amide bonds. The number of allylic oxidation sites excluding steroid dienone is 2. The highest BCUT2D eigenvalue weighted by Crippen LogP contribution is 2.27. The first-order valence-electron chi connectivity index (χ1n) is 5.93. The number of rotatable bonds is 5. The summed E-state index contributed by atoms with van der Waals surface area (Å²) in [6.45, 7) is 3.65. The van der Waals surface area contributed by atoms with E-state index in [1.807, 2.05) is 0 Å². The van der Waals surface area contributed by atoms with Crippen LogP contribution in [0.3, 0.4) is 0 Å². The van der Waals surface area contributed by atoms with Crippen molar-refractivity contribution in [3.8, 4) is 0 Å². The van der Waals surface area contributed by atoms with Crippen molar-refractivity contribution in [2.45, 2.75) is 58.8 Å². The van der Waals surface area contributed by atoms with Gasteiger partial charge in [0.05, 0.1) is 0 Å². The summed E-state index contributed by atoms with van der Waals surface area (Å²) in [5.41, 5.74) is 1.64. The monoisotopic (exact) mass is 208 g/mol. The van der Waals surface area contributed by atoms with Gasteiger partial charge in [-0.3, -0.25) is 9.59 Å². The highest BCUT2D eigenvalue weighted by molar-refractivity contribution is 6.05. The van der Waals surface area contributed by atoms with Crippen LogP contribution < -0.4 is 0 Å². The van der Waals surface area contributed by atoms with Gasteiger partial charge in [-0.25, -0.2) is 0 Å². The molecule has 0 atom stereocenters. The van der Waals surface area contributed by atoms with Crippen molar-refractivity contribution in [1.82, 2.24) is 0 Å². The van der Waals surface area contributed by atoms with Crippen molar-refractivity contribution < 1.29 is 9.59 Å². The molecule has 84 valence electrons. The first kappa shape index (κ1) is 12.2. The lowest BCUT2D eigenvalue weighted by atomic mass is 9.86. The molecule has 1 aliphatic rings. The van der Waals surface area contributed by atoms with Gasteiger partial charge < -0.3 is 0 Å². The number of hydrogen-bond donors (Lipinski definition) is 0. The Morgan fingerprint density at radius 1 is 1.13 bits per heavy atom. The van der Waals surface area contributed by atoms with E-state index in [0.717, 1.165) is 49.7 Å². The molecule has 0 aliphatic heterocycles. The van der Waals surface area contributed by atoms with Crippen LogP contribution in [0.4, 0.5) is 0 Å². The lowest BCUT2D eigenvalue weighted by molar-refractivity contribution is -0.117. The lowest BCUT2D eigenvalue weighted by Gasteiger charge is -2.17. The average molecular weight is 208 g/mol. The molecule has 2 heteroatoms. The van der Waals surface area contributed by atoms with Gasteiger partial charge in [-0.05, 0) is 39.0 Å². The molecular formula is C13H20O2. The topological polar surface area (TPSA) is 34.1 Å². The van der Waals surface area contributed by atoms with Gasteiger partial charge in [0, 0.05) is 17.6 Å². The average Bonchev–Trinajstić information content (AvgIpc) is 2.25. The lowest BCUT2D eigenvalue weighted by Crippen LogP contribution is -2.14. The van der Waals surface area contributed by atoms with Crippen molar-refractivity contribution in [3.63, 3.8) is 0 Å². The normalized spacial score (nSPS) is 16.7. The van der Waals surface area contributed by atoms with Gasteiger partial charge in [-0.2, -0.15) is 0 Å². The minimum absolute atomic E-state index is 0.0922. The van der Waals surface area contributed by atoms with Crippen molar-refractivity contribution in [1.29, 1.82) is 0 Å². The Hall–Kier alpha value is -0.920. The largest absolute Gasteiger partial charge is 0.295 e. The number of carbonyl (C=O) groups is 2. The third kappa shape index (κ3) is 3.29. The Kier molecular flexibility index (Phi) is 4.73. The van der Waals surface area contributed by atoms with Crippen molar-refractivity contribution in [2.75, 3.05) is 0 Å². The summed E-state index contributed by atoms with van der Waals surface area (Å²) < 4.78 is 0. The van der Waals surface area contributed by atoms with Gasteiger partial charge in [0.1, 0.15) is 0 Å². The molecule has 0 spiro atoms. The number of ketones is 2. The van der Waals surface area contributed by atoms with Gasteiger partial charge >= 0.3 is 0 Å². The molecule has 15 heavy (non-hydrogen) atoms. The van der Waals surface area contributed by atoms with Gasteiger partial charge in [0.15, 0.2) is 11.6 Å². The molecule has 0 aromatic rings. The van der Waals surface area contributed by atoms with Crippen LogP contribution in [0.15, 0.2) is 11.1 Å². The zero-order valence-electron chi connectivity index (χ0n) is 9.77. The summed E-state index contributed by atoms with van der Waals surface area (Å²) in [6, 6.07) is 0. The zero-order chi connectivity index (χ0) is 11.3. The minimum atomic E-state index is 0.0922. The molecule has 1 aliphatic carbocycles. The Balaban J connectivity index is 2.77. The maximum absolute atomic E-state index is 11.9. The summed E-state index contributed by atoms with van der Waals surface area (Å²) in [6.07, 6.45) is 6.33. The van der Waals surface area contributed by atoms with Crippen LogP contribution in [-0.4, -0.2) is 11.6 Å². The Morgan fingerprint density at radius 3 is 2.27 bits per heavy atom. The van der Waals surface area contributed by atoms with E-state index in [9.17, 15) is 9.59 Å². The van der Waals surface area contributed by atoms with Gasteiger partial charge in [0.25, 0.3) is 0 Å². The predicted molar refractivity (Wildman–Crippen MR) is 60.7 cm³/mol. The molecule has 0 N–H and O–H groups in total. The van der Waals surface area contributed by atoms with E-state index in [2.05, 4.69) is 6.92 Å². The van der Waals surface area contributed by atoms with E-state index in [1.165, 1.54) is 0 Å². The van der Waals surface area contributed by atoms with Gasteiger partial charge in [-0.1, -0.05) is 13.3 Å². The maximum Gasteiger partial charge on any atom is 0.159 e. The SMILES string of the molecule is CCCCC(=O)C1=C(C(C)=O)CCCC1. The van der Waals surface area contributed by atoms with Crippen LogP contribution in [0.2, 0.25) is 0 Å². The Morgan fingerprint density at radius 2 is 1.73 bits per heavy atom. The summed E-state index contributed by atoms with van der Waals surface area (Å²) >= 11 is 0. The molecule has 0 saturated carbocycles. The molecule has 0 radical (unpaired) electrons. The third-order valence-electron chi connectivity index (χ3n) is 2.99. The minimum Gasteiger partial charge on any atom is -0.295 e. The molecule has 0 aromatic carbocycles. The van der Waals surface area contributed by atoms with Crippen LogP contribution in [0.1, 0.15) is 58.8 Å². The van der Waals surface area contributed by atoms with Gasteiger partial charge in [0.2, 0.25) is 0 Å². The van der Waals surface area contributed by atoms with Crippen molar-refractivity contribution in [3.05, 3.63) is 11.1 Å². The van der Waals surface area contributed by atoms with Crippen molar-refractivity contribution in [2.24, 2.45) is 0 Å². The fourth-order valence-electron chi connectivity index (χ4n) is 2.09.